The normalized spacial score (nSPS) is 12.7. The third-order valence-electron chi connectivity index (χ3n) is 3.56. The molecule has 7 heteroatoms. The second-order valence-electron chi connectivity index (χ2n) is 5.50. The fraction of sp³-hybridized carbons (Fsp3) is 0.250. The molecule has 0 spiro atoms. The fourth-order valence-corrected chi connectivity index (χ4v) is 2.94. The minimum Gasteiger partial charge on any atom is -0.279 e. The Kier molecular flexibility index (Phi) is 4.33. The van der Waals surface area contributed by atoms with E-state index in [0.29, 0.717) is 16.3 Å². The van der Waals surface area contributed by atoms with Crippen LogP contribution in [0.3, 0.4) is 0 Å². The van der Waals surface area contributed by atoms with E-state index in [-0.39, 0.29) is 17.1 Å². The minimum absolute atomic E-state index is 0.0880. The highest BCUT2D eigenvalue weighted by Gasteiger charge is 2.24. The molecule has 0 amide bonds. The highest BCUT2D eigenvalue weighted by atomic mass is 35.5. The smallest absolute Gasteiger partial charge is 0.279 e. The number of aromatic nitrogens is 4. The maximum Gasteiger partial charge on any atom is 0.290 e. The van der Waals surface area contributed by atoms with Gasteiger partial charge in [-0.3, -0.25) is 14.3 Å². The number of nitrogens with zero attached hydrogens (tertiary/aromatic N) is 4. The van der Waals surface area contributed by atoms with Crippen LogP contribution < -0.4 is 5.56 Å². The average Bonchev–Trinajstić information content (AvgIpc) is 2.53. The summed E-state index contributed by atoms with van der Waals surface area (Å²) in [6.45, 7) is 4.02. The summed E-state index contributed by atoms with van der Waals surface area (Å²) in [5.74, 6) is 0.0880. The van der Waals surface area contributed by atoms with Crippen molar-refractivity contribution < 1.29 is 0 Å². The van der Waals surface area contributed by atoms with E-state index >= 15 is 0 Å². The standard InChI is InChI=1S/C16H14Cl2N4O/c1-9(2)13(10-5-3-4-8-19-10)22-15-11(6-7-12(17)21-15)20-14(18)16(22)23/h3-9,13H,1-2H3. The van der Waals surface area contributed by atoms with Crippen LogP contribution in [-0.2, 0) is 0 Å². The summed E-state index contributed by atoms with van der Waals surface area (Å²) in [6.07, 6.45) is 1.70. The van der Waals surface area contributed by atoms with Crippen LogP contribution in [0.1, 0.15) is 25.6 Å². The number of rotatable bonds is 3. The molecule has 0 N–H and O–H groups in total. The maximum absolute atomic E-state index is 12.7. The molecule has 118 valence electrons. The van der Waals surface area contributed by atoms with Crippen molar-refractivity contribution >= 4 is 34.4 Å². The second kappa shape index (κ2) is 6.26. The van der Waals surface area contributed by atoms with Crippen molar-refractivity contribution in [3.05, 3.63) is 62.9 Å². The lowest BCUT2D eigenvalue weighted by Gasteiger charge is -2.24. The minimum atomic E-state index is -0.404. The number of hydrogen-bond acceptors (Lipinski definition) is 4. The van der Waals surface area contributed by atoms with Crippen molar-refractivity contribution in [3.8, 4) is 0 Å². The summed E-state index contributed by atoms with van der Waals surface area (Å²) in [5, 5.41) is 0.196. The van der Waals surface area contributed by atoms with Crippen molar-refractivity contribution in [1.82, 2.24) is 19.5 Å². The molecule has 0 aliphatic carbocycles. The molecule has 0 aliphatic heterocycles. The summed E-state index contributed by atoms with van der Waals surface area (Å²) < 4.78 is 1.53. The van der Waals surface area contributed by atoms with Gasteiger partial charge in [0.15, 0.2) is 10.8 Å². The molecule has 3 heterocycles. The molecule has 5 nitrogen and oxygen atoms in total. The lowest BCUT2D eigenvalue weighted by atomic mass is 10.00. The van der Waals surface area contributed by atoms with Crippen LogP contribution in [0.2, 0.25) is 10.3 Å². The zero-order chi connectivity index (χ0) is 16.6. The van der Waals surface area contributed by atoms with Crippen LogP contribution in [0.5, 0.6) is 0 Å². The maximum atomic E-state index is 12.7. The van der Waals surface area contributed by atoms with E-state index in [1.54, 1.807) is 18.3 Å². The number of hydrogen-bond donors (Lipinski definition) is 0. The summed E-state index contributed by atoms with van der Waals surface area (Å²) in [6, 6.07) is 8.58. The zero-order valence-corrected chi connectivity index (χ0v) is 14.1. The second-order valence-corrected chi connectivity index (χ2v) is 6.24. The van der Waals surface area contributed by atoms with Crippen molar-refractivity contribution in [2.24, 2.45) is 5.92 Å². The third kappa shape index (κ3) is 2.94. The number of pyridine rings is 2. The Morgan fingerprint density at radius 3 is 2.52 bits per heavy atom. The quantitative estimate of drug-likeness (QED) is 0.676. The van der Waals surface area contributed by atoms with Gasteiger partial charge in [0.1, 0.15) is 10.7 Å². The molecule has 1 atom stereocenters. The molecule has 0 fully saturated rings. The molecule has 0 saturated carbocycles. The van der Waals surface area contributed by atoms with Gasteiger partial charge < -0.3 is 0 Å². The lowest BCUT2D eigenvalue weighted by Crippen LogP contribution is -2.31. The van der Waals surface area contributed by atoms with E-state index in [1.165, 1.54) is 4.57 Å². The van der Waals surface area contributed by atoms with E-state index in [9.17, 15) is 4.79 Å². The molecular formula is C16H14Cl2N4O. The summed E-state index contributed by atoms with van der Waals surface area (Å²) in [4.78, 5) is 25.5. The molecular weight excluding hydrogens is 335 g/mol. The van der Waals surface area contributed by atoms with E-state index in [1.807, 2.05) is 32.0 Å². The van der Waals surface area contributed by atoms with Gasteiger partial charge in [0, 0.05) is 6.20 Å². The third-order valence-corrected chi connectivity index (χ3v) is 4.02. The summed E-state index contributed by atoms with van der Waals surface area (Å²) in [7, 11) is 0. The van der Waals surface area contributed by atoms with Crippen LogP contribution in [0.25, 0.3) is 11.2 Å². The van der Waals surface area contributed by atoms with Gasteiger partial charge in [-0.05, 0) is 30.2 Å². The van der Waals surface area contributed by atoms with Gasteiger partial charge in [-0.15, -0.1) is 0 Å². The van der Waals surface area contributed by atoms with Crippen molar-refractivity contribution in [3.63, 3.8) is 0 Å². The van der Waals surface area contributed by atoms with Crippen LogP contribution in [0.15, 0.2) is 41.3 Å². The first-order valence-corrected chi connectivity index (χ1v) is 7.90. The number of halogens is 2. The molecule has 0 radical (unpaired) electrons. The predicted molar refractivity (Wildman–Crippen MR) is 91.0 cm³/mol. The van der Waals surface area contributed by atoms with Gasteiger partial charge in [0.2, 0.25) is 0 Å². The summed E-state index contributed by atoms with van der Waals surface area (Å²) in [5.41, 5.74) is 1.27. The van der Waals surface area contributed by atoms with E-state index in [0.717, 1.165) is 5.69 Å². The van der Waals surface area contributed by atoms with Crippen LogP contribution in [-0.4, -0.2) is 19.5 Å². The molecule has 3 rings (SSSR count). The molecule has 3 aromatic heterocycles. The van der Waals surface area contributed by atoms with Crippen molar-refractivity contribution in [1.29, 1.82) is 0 Å². The van der Waals surface area contributed by atoms with Gasteiger partial charge in [-0.1, -0.05) is 43.1 Å². The number of fused-ring (bicyclic) bond motifs is 1. The Labute approximate surface area is 142 Å². The van der Waals surface area contributed by atoms with Crippen molar-refractivity contribution in [2.45, 2.75) is 19.9 Å². The largest absolute Gasteiger partial charge is 0.290 e. The molecule has 3 aromatic rings. The Balaban J connectivity index is 2.38. The zero-order valence-electron chi connectivity index (χ0n) is 12.6. The Morgan fingerprint density at radius 2 is 1.87 bits per heavy atom. The molecule has 0 bridgehead atoms. The first-order chi connectivity index (χ1) is 11.0. The topological polar surface area (TPSA) is 60.7 Å². The van der Waals surface area contributed by atoms with Crippen molar-refractivity contribution in [2.75, 3.05) is 0 Å². The van der Waals surface area contributed by atoms with Crippen LogP contribution >= 0.6 is 23.2 Å². The highest BCUT2D eigenvalue weighted by Crippen LogP contribution is 2.27. The van der Waals surface area contributed by atoms with E-state index in [2.05, 4.69) is 15.0 Å². The Bertz CT molecular complexity index is 909. The van der Waals surface area contributed by atoms with E-state index < -0.39 is 5.56 Å². The SMILES string of the molecule is CC(C)C(c1ccccn1)n1c(=O)c(Cl)nc2ccc(Cl)nc21. The molecule has 0 aromatic carbocycles. The molecule has 23 heavy (non-hydrogen) atoms. The van der Waals surface area contributed by atoms with Gasteiger partial charge >= 0.3 is 0 Å². The molecule has 0 saturated heterocycles. The van der Waals surface area contributed by atoms with E-state index in [4.69, 9.17) is 23.2 Å². The monoisotopic (exact) mass is 348 g/mol. The molecule has 0 aliphatic rings. The van der Waals surface area contributed by atoms with Gasteiger partial charge in [0.25, 0.3) is 5.56 Å². The first-order valence-electron chi connectivity index (χ1n) is 7.14. The average molecular weight is 349 g/mol. The lowest BCUT2D eigenvalue weighted by molar-refractivity contribution is 0.425. The first kappa shape index (κ1) is 15.9. The van der Waals surface area contributed by atoms with Gasteiger partial charge in [-0.25, -0.2) is 9.97 Å². The fourth-order valence-electron chi connectivity index (χ4n) is 2.61. The van der Waals surface area contributed by atoms with Gasteiger partial charge in [-0.2, -0.15) is 0 Å². The Morgan fingerprint density at radius 1 is 1.09 bits per heavy atom. The highest BCUT2D eigenvalue weighted by molar-refractivity contribution is 6.30. The Hall–Kier alpha value is -1.98. The van der Waals surface area contributed by atoms with Crippen LogP contribution in [0, 0.1) is 5.92 Å². The predicted octanol–water partition coefficient (Wildman–Crippen LogP) is 3.74. The summed E-state index contributed by atoms with van der Waals surface area (Å²) >= 11 is 12.1. The van der Waals surface area contributed by atoms with Gasteiger partial charge in [0.05, 0.1) is 11.7 Å². The van der Waals surface area contributed by atoms with Crippen LogP contribution in [0.4, 0.5) is 0 Å². The molecule has 1 unspecified atom stereocenters.